The molecular formula is C13H17NO2. The number of carbonyl (C=O) groups is 1. The molecule has 0 saturated heterocycles. The van der Waals surface area contributed by atoms with Gasteiger partial charge in [0.05, 0.1) is 7.11 Å². The lowest BCUT2D eigenvalue weighted by molar-refractivity contribution is -0.117. The molecule has 3 heteroatoms. The lowest BCUT2D eigenvalue weighted by Gasteiger charge is -2.14. The van der Waals surface area contributed by atoms with Crippen molar-refractivity contribution >= 4 is 5.91 Å². The lowest BCUT2D eigenvalue weighted by Crippen LogP contribution is -2.32. The molecule has 1 atom stereocenters. The van der Waals surface area contributed by atoms with Crippen molar-refractivity contribution < 1.29 is 9.53 Å². The molecule has 1 rings (SSSR count). The summed E-state index contributed by atoms with van der Waals surface area (Å²) < 4.78 is 5.24. The number of rotatable bonds is 5. The minimum Gasteiger partial charge on any atom is -0.496 e. The summed E-state index contributed by atoms with van der Waals surface area (Å²) in [7, 11) is 1.64. The van der Waals surface area contributed by atoms with Crippen LogP contribution < -0.4 is 10.1 Å². The molecule has 0 fully saturated rings. The zero-order chi connectivity index (χ0) is 12.0. The average Bonchev–Trinajstić information content (AvgIpc) is 2.29. The molecule has 86 valence electrons. The van der Waals surface area contributed by atoms with Crippen LogP contribution in [0, 0.1) is 0 Å². The van der Waals surface area contributed by atoms with Gasteiger partial charge in [0.25, 0.3) is 0 Å². The Morgan fingerprint density at radius 2 is 2.25 bits per heavy atom. The molecule has 0 radical (unpaired) electrons. The van der Waals surface area contributed by atoms with E-state index in [1.54, 1.807) is 7.11 Å². The van der Waals surface area contributed by atoms with Crippen LogP contribution in [0.4, 0.5) is 0 Å². The van der Waals surface area contributed by atoms with E-state index in [-0.39, 0.29) is 11.9 Å². The van der Waals surface area contributed by atoms with Crippen LogP contribution in [0.2, 0.25) is 0 Å². The third-order valence-electron chi connectivity index (χ3n) is 2.29. The van der Waals surface area contributed by atoms with Gasteiger partial charge in [0.1, 0.15) is 5.75 Å². The Morgan fingerprint density at radius 1 is 1.56 bits per heavy atom. The average molecular weight is 219 g/mol. The molecule has 1 aromatic rings. The highest BCUT2D eigenvalue weighted by molar-refractivity contribution is 5.87. The molecule has 1 aromatic carbocycles. The second-order valence-corrected chi connectivity index (χ2v) is 3.63. The topological polar surface area (TPSA) is 38.3 Å². The Balaban J connectivity index is 2.65. The van der Waals surface area contributed by atoms with Crippen molar-refractivity contribution in [3.05, 3.63) is 42.5 Å². The van der Waals surface area contributed by atoms with E-state index in [9.17, 15) is 4.79 Å². The zero-order valence-electron chi connectivity index (χ0n) is 9.69. The Labute approximate surface area is 96.1 Å². The van der Waals surface area contributed by atoms with Gasteiger partial charge in [-0.2, -0.15) is 0 Å². The Bertz CT molecular complexity index is 374. The summed E-state index contributed by atoms with van der Waals surface area (Å²) in [6, 6.07) is 7.85. The molecule has 0 heterocycles. The third kappa shape index (κ3) is 3.42. The van der Waals surface area contributed by atoms with Gasteiger partial charge in [0.15, 0.2) is 0 Å². The number of nitrogens with one attached hydrogen (secondary N) is 1. The summed E-state index contributed by atoms with van der Waals surface area (Å²) in [6.45, 7) is 5.37. The highest BCUT2D eigenvalue weighted by atomic mass is 16.5. The monoisotopic (exact) mass is 219 g/mol. The normalized spacial score (nSPS) is 11.6. The maximum Gasteiger partial charge on any atom is 0.243 e. The van der Waals surface area contributed by atoms with Crippen LogP contribution >= 0.6 is 0 Å². The van der Waals surface area contributed by atoms with Gasteiger partial charge in [-0.05, 0) is 31.1 Å². The van der Waals surface area contributed by atoms with Gasteiger partial charge in [-0.15, -0.1) is 0 Å². The number of carbonyl (C=O) groups excluding carboxylic acids is 1. The molecule has 0 saturated carbocycles. The van der Waals surface area contributed by atoms with Gasteiger partial charge >= 0.3 is 0 Å². The maximum absolute atomic E-state index is 11.1. The second kappa shape index (κ2) is 5.95. The van der Waals surface area contributed by atoms with Gasteiger partial charge < -0.3 is 10.1 Å². The van der Waals surface area contributed by atoms with Crippen molar-refractivity contribution in [1.82, 2.24) is 5.32 Å². The minimum atomic E-state index is -0.151. The van der Waals surface area contributed by atoms with E-state index in [2.05, 4.69) is 11.9 Å². The van der Waals surface area contributed by atoms with E-state index in [0.29, 0.717) is 0 Å². The van der Waals surface area contributed by atoms with E-state index >= 15 is 0 Å². The predicted molar refractivity (Wildman–Crippen MR) is 64.5 cm³/mol. The molecular weight excluding hydrogens is 202 g/mol. The second-order valence-electron chi connectivity index (χ2n) is 3.63. The van der Waals surface area contributed by atoms with Gasteiger partial charge in [0.2, 0.25) is 5.91 Å². The maximum atomic E-state index is 11.1. The highest BCUT2D eigenvalue weighted by Crippen LogP contribution is 2.18. The fraction of sp³-hybridized carbons (Fsp3) is 0.308. The van der Waals surface area contributed by atoms with Crippen molar-refractivity contribution in [3.8, 4) is 5.75 Å². The van der Waals surface area contributed by atoms with E-state index < -0.39 is 0 Å². The summed E-state index contributed by atoms with van der Waals surface area (Å²) in [4.78, 5) is 11.1. The fourth-order valence-electron chi connectivity index (χ4n) is 1.55. The van der Waals surface area contributed by atoms with Crippen molar-refractivity contribution in [2.45, 2.75) is 19.4 Å². The summed E-state index contributed by atoms with van der Waals surface area (Å²) in [5, 5.41) is 2.82. The first-order valence-corrected chi connectivity index (χ1v) is 5.22. The van der Waals surface area contributed by atoms with Crippen molar-refractivity contribution in [2.24, 2.45) is 0 Å². The van der Waals surface area contributed by atoms with Crippen LogP contribution in [0.15, 0.2) is 36.9 Å². The summed E-state index contributed by atoms with van der Waals surface area (Å²) in [5.74, 6) is 0.699. The predicted octanol–water partition coefficient (Wildman–Crippen LogP) is 1.93. The van der Waals surface area contributed by atoms with Crippen LogP contribution in [0.25, 0.3) is 0 Å². The molecule has 0 aromatic heterocycles. The van der Waals surface area contributed by atoms with E-state index in [1.165, 1.54) is 6.08 Å². The van der Waals surface area contributed by atoms with Crippen LogP contribution in [-0.2, 0) is 11.2 Å². The van der Waals surface area contributed by atoms with Gasteiger partial charge in [0, 0.05) is 6.04 Å². The highest BCUT2D eigenvalue weighted by Gasteiger charge is 2.08. The molecule has 0 unspecified atom stereocenters. The minimum absolute atomic E-state index is 0.0572. The van der Waals surface area contributed by atoms with Crippen molar-refractivity contribution in [2.75, 3.05) is 7.11 Å². The number of para-hydroxylation sites is 1. The molecule has 0 aliphatic rings. The lowest BCUT2D eigenvalue weighted by atomic mass is 10.1. The van der Waals surface area contributed by atoms with Crippen LogP contribution in [0.1, 0.15) is 12.5 Å². The number of hydrogen-bond acceptors (Lipinski definition) is 2. The summed E-state index contributed by atoms with van der Waals surface area (Å²) in [5.41, 5.74) is 1.09. The third-order valence-corrected chi connectivity index (χ3v) is 2.29. The molecule has 0 aliphatic carbocycles. The van der Waals surface area contributed by atoms with Crippen LogP contribution in [-0.4, -0.2) is 19.1 Å². The number of hydrogen-bond donors (Lipinski definition) is 1. The molecule has 0 spiro atoms. The molecule has 1 amide bonds. The smallest absolute Gasteiger partial charge is 0.243 e. The van der Waals surface area contributed by atoms with Gasteiger partial charge in [-0.25, -0.2) is 0 Å². The quantitative estimate of drug-likeness (QED) is 0.768. The fourth-order valence-corrected chi connectivity index (χ4v) is 1.55. The molecule has 0 bridgehead atoms. The first kappa shape index (κ1) is 12.3. The molecule has 0 aliphatic heterocycles. The van der Waals surface area contributed by atoms with Gasteiger partial charge in [-0.3, -0.25) is 4.79 Å². The summed E-state index contributed by atoms with van der Waals surface area (Å²) in [6.07, 6.45) is 2.02. The largest absolute Gasteiger partial charge is 0.496 e. The summed E-state index contributed by atoms with van der Waals surface area (Å²) >= 11 is 0. The standard InChI is InChI=1S/C13H17NO2/c1-4-13(15)14-10(2)9-11-7-5-6-8-12(11)16-3/h4-8,10H,1,9H2,2-3H3,(H,14,15)/t10-/m0/s1. The van der Waals surface area contributed by atoms with E-state index in [4.69, 9.17) is 4.74 Å². The number of benzene rings is 1. The first-order valence-electron chi connectivity index (χ1n) is 5.22. The zero-order valence-corrected chi connectivity index (χ0v) is 9.69. The van der Waals surface area contributed by atoms with Crippen molar-refractivity contribution in [3.63, 3.8) is 0 Å². The Hall–Kier alpha value is -1.77. The SMILES string of the molecule is C=CC(=O)N[C@@H](C)Cc1ccccc1OC. The molecule has 1 N–H and O–H groups in total. The molecule has 3 nitrogen and oxygen atoms in total. The van der Waals surface area contributed by atoms with Gasteiger partial charge in [-0.1, -0.05) is 24.8 Å². The number of amides is 1. The van der Waals surface area contributed by atoms with E-state index in [0.717, 1.165) is 17.7 Å². The van der Waals surface area contributed by atoms with Crippen LogP contribution in [0.5, 0.6) is 5.75 Å². The van der Waals surface area contributed by atoms with Crippen molar-refractivity contribution in [1.29, 1.82) is 0 Å². The number of methoxy groups -OCH3 is 1. The van der Waals surface area contributed by atoms with Crippen LogP contribution in [0.3, 0.4) is 0 Å². The van der Waals surface area contributed by atoms with E-state index in [1.807, 2.05) is 31.2 Å². The molecule has 16 heavy (non-hydrogen) atoms. The first-order chi connectivity index (χ1) is 7.67. The number of ether oxygens (including phenoxy) is 1. The Kier molecular flexibility index (Phi) is 4.58. The Morgan fingerprint density at radius 3 is 2.88 bits per heavy atom.